The Balaban J connectivity index is 1.57. The number of ether oxygens (including phenoxy) is 2. The van der Waals surface area contributed by atoms with Crippen LogP contribution in [0.1, 0.15) is 53.3 Å². The zero-order valence-corrected chi connectivity index (χ0v) is 14.9. The highest BCUT2D eigenvalue weighted by molar-refractivity contribution is 6.25. The highest BCUT2D eigenvalue weighted by Gasteiger charge is 2.36. The van der Waals surface area contributed by atoms with Gasteiger partial charge in [0, 0.05) is 5.56 Å². The van der Waals surface area contributed by atoms with Crippen molar-refractivity contribution in [1.82, 2.24) is 0 Å². The normalized spacial score (nSPS) is 20.0. The van der Waals surface area contributed by atoms with E-state index in [0.29, 0.717) is 16.7 Å². The molecule has 1 saturated carbocycles. The summed E-state index contributed by atoms with van der Waals surface area (Å²) in [5, 5.41) is 0. The van der Waals surface area contributed by atoms with E-state index in [1.165, 1.54) is 0 Å². The Morgan fingerprint density at radius 3 is 2.52 bits per heavy atom. The van der Waals surface area contributed by atoms with Gasteiger partial charge in [0.25, 0.3) is 0 Å². The lowest BCUT2D eigenvalue weighted by Crippen LogP contribution is -2.15. The second-order valence-electron chi connectivity index (χ2n) is 6.90. The van der Waals surface area contributed by atoms with Crippen LogP contribution in [0.5, 0.6) is 0 Å². The van der Waals surface area contributed by atoms with Crippen LogP contribution in [0.3, 0.4) is 0 Å². The molecule has 2 aromatic rings. The molecule has 1 atom stereocenters. The Hall–Kier alpha value is -3.08. The molecule has 4 rings (SSSR count). The van der Waals surface area contributed by atoms with Crippen molar-refractivity contribution in [1.29, 1.82) is 0 Å². The largest absolute Gasteiger partial charge is 0.462 e. The van der Waals surface area contributed by atoms with Crippen LogP contribution in [0.15, 0.2) is 60.5 Å². The molecule has 1 aliphatic carbocycles. The summed E-state index contributed by atoms with van der Waals surface area (Å²) in [6.07, 6.45) is 3.24. The molecule has 5 heteroatoms. The summed E-state index contributed by atoms with van der Waals surface area (Å²) in [5.41, 5.74) is 8.04. The molecule has 2 aliphatic rings. The summed E-state index contributed by atoms with van der Waals surface area (Å²) in [6.45, 7) is 0. The van der Waals surface area contributed by atoms with E-state index in [0.717, 1.165) is 31.2 Å². The fourth-order valence-corrected chi connectivity index (χ4v) is 3.65. The average Bonchev–Trinajstić information content (AvgIpc) is 3.30. The number of rotatable bonds is 4. The topological polar surface area (TPSA) is 78.6 Å². The van der Waals surface area contributed by atoms with E-state index >= 15 is 0 Å². The fraction of sp³-hybridized carbons (Fsp3) is 0.273. The number of carbonyl (C=O) groups excluding carboxylic acids is 2. The van der Waals surface area contributed by atoms with Crippen molar-refractivity contribution >= 4 is 17.3 Å². The Bertz CT molecular complexity index is 898. The van der Waals surface area contributed by atoms with Gasteiger partial charge in [-0.2, -0.15) is 0 Å². The average molecular weight is 363 g/mol. The number of carbonyl (C=O) groups is 2. The molecule has 1 aliphatic heterocycles. The maximum atomic E-state index is 12.9. The molecule has 0 bridgehead atoms. The number of nitrogens with two attached hydrogens (primary N) is 1. The monoisotopic (exact) mass is 363 g/mol. The van der Waals surface area contributed by atoms with Crippen molar-refractivity contribution in [3.63, 3.8) is 0 Å². The van der Waals surface area contributed by atoms with Crippen LogP contribution in [0.4, 0.5) is 0 Å². The van der Waals surface area contributed by atoms with Crippen molar-refractivity contribution < 1.29 is 19.1 Å². The minimum atomic E-state index is -0.754. The summed E-state index contributed by atoms with van der Waals surface area (Å²) in [5.74, 6) is -0.496. The molecule has 1 unspecified atom stereocenters. The molecule has 0 aromatic heterocycles. The van der Waals surface area contributed by atoms with Crippen LogP contribution in [0.25, 0.3) is 5.57 Å². The quantitative estimate of drug-likeness (QED) is 0.837. The van der Waals surface area contributed by atoms with E-state index in [1.807, 2.05) is 30.3 Å². The summed E-state index contributed by atoms with van der Waals surface area (Å²) in [6, 6.07) is 16.0. The molecule has 0 saturated heterocycles. The third kappa shape index (κ3) is 3.45. The summed E-state index contributed by atoms with van der Waals surface area (Å²) in [7, 11) is 0. The molecule has 0 spiro atoms. The Morgan fingerprint density at radius 2 is 1.78 bits per heavy atom. The number of ketones is 1. The molecule has 0 amide bonds. The third-order valence-electron chi connectivity index (χ3n) is 5.04. The Labute approximate surface area is 157 Å². The van der Waals surface area contributed by atoms with Crippen molar-refractivity contribution in [3.8, 4) is 0 Å². The standard InChI is InChI=1S/C22H21NO4/c23-21-18(19(24)20(27-21)14-7-2-1-3-8-14)15-9-6-10-16(13-15)22(25)26-17-11-4-5-12-17/h1-3,6-10,13,17,20H,4-5,11-12,23H2. The molecule has 5 nitrogen and oxygen atoms in total. The predicted molar refractivity (Wildman–Crippen MR) is 100 cm³/mol. The van der Waals surface area contributed by atoms with Gasteiger partial charge in [0.2, 0.25) is 5.78 Å². The molecule has 2 N–H and O–H groups in total. The number of Topliss-reactive ketones (excluding diaryl/α,β-unsaturated/α-hetero) is 1. The van der Waals surface area contributed by atoms with E-state index < -0.39 is 6.10 Å². The zero-order chi connectivity index (χ0) is 18.8. The minimum Gasteiger partial charge on any atom is -0.462 e. The third-order valence-corrected chi connectivity index (χ3v) is 5.04. The van der Waals surface area contributed by atoms with Gasteiger partial charge in [0.05, 0.1) is 11.1 Å². The molecule has 1 heterocycles. The van der Waals surface area contributed by atoms with E-state index in [2.05, 4.69) is 0 Å². The summed E-state index contributed by atoms with van der Waals surface area (Å²) < 4.78 is 11.2. The van der Waals surface area contributed by atoms with Crippen LogP contribution in [-0.4, -0.2) is 17.9 Å². The van der Waals surface area contributed by atoms with Crippen LogP contribution < -0.4 is 5.73 Å². The lowest BCUT2D eigenvalue weighted by atomic mass is 9.96. The molecule has 0 radical (unpaired) electrons. The number of esters is 1. The van der Waals surface area contributed by atoms with E-state index in [1.54, 1.807) is 24.3 Å². The van der Waals surface area contributed by atoms with Crippen molar-refractivity contribution in [2.24, 2.45) is 5.73 Å². The first-order valence-electron chi connectivity index (χ1n) is 9.20. The van der Waals surface area contributed by atoms with Gasteiger partial charge < -0.3 is 15.2 Å². The van der Waals surface area contributed by atoms with Crippen LogP contribution in [0.2, 0.25) is 0 Å². The van der Waals surface area contributed by atoms with E-state index in [9.17, 15) is 9.59 Å². The lowest BCUT2D eigenvalue weighted by Gasteiger charge is -2.12. The number of hydrogen-bond donors (Lipinski definition) is 1. The van der Waals surface area contributed by atoms with Gasteiger partial charge >= 0.3 is 5.97 Å². The van der Waals surface area contributed by atoms with Gasteiger partial charge in [-0.25, -0.2) is 4.79 Å². The van der Waals surface area contributed by atoms with Gasteiger partial charge in [-0.1, -0.05) is 42.5 Å². The molecular weight excluding hydrogens is 342 g/mol. The summed E-state index contributed by atoms with van der Waals surface area (Å²) >= 11 is 0. The fourth-order valence-electron chi connectivity index (χ4n) is 3.65. The van der Waals surface area contributed by atoms with Gasteiger partial charge in [-0.15, -0.1) is 0 Å². The lowest BCUT2D eigenvalue weighted by molar-refractivity contribution is -0.120. The van der Waals surface area contributed by atoms with Gasteiger partial charge in [0.1, 0.15) is 6.10 Å². The highest BCUT2D eigenvalue weighted by Crippen LogP contribution is 2.36. The SMILES string of the molecule is NC1=C(c2cccc(C(=O)OC3CCCC3)c2)C(=O)C(c2ccccc2)O1. The van der Waals surface area contributed by atoms with Crippen LogP contribution >= 0.6 is 0 Å². The van der Waals surface area contributed by atoms with E-state index in [-0.39, 0.29) is 23.7 Å². The van der Waals surface area contributed by atoms with Gasteiger partial charge in [-0.3, -0.25) is 4.79 Å². The second-order valence-corrected chi connectivity index (χ2v) is 6.90. The van der Waals surface area contributed by atoms with Crippen molar-refractivity contribution in [2.45, 2.75) is 37.9 Å². The maximum absolute atomic E-state index is 12.9. The molecular formula is C22H21NO4. The van der Waals surface area contributed by atoms with Crippen molar-refractivity contribution in [3.05, 3.63) is 77.2 Å². The second kappa shape index (κ2) is 7.27. The Morgan fingerprint density at radius 1 is 1.04 bits per heavy atom. The van der Waals surface area contributed by atoms with Crippen LogP contribution in [0, 0.1) is 0 Å². The van der Waals surface area contributed by atoms with E-state index in [4.69, 9.17) is 15.2 Å². The zero-order valence-electron chi connectivity index (χ0n) is 14.9. The van der Waals surface area contributed by atoms with Gasteiger partial charge in [-0.05, 0) is 43.4 Å². The Kier molecular flexibility index (Phi) is 4.67. The van der Waals surface area contributed by atoms with Crippen LogP contribution in [-0.2, 0) is 14.3 Å². The summed E-state index contributed by atoms with van der Waals surface area (Å²) in [4.78, 5) is 25.3. The number of hydrogen-bond acceptors (Lipinski definition) is 5. The highest BCUT2D eigenvalue weighted by atomic mass is 16.5. The first-order valence-corrected chi connectivity index (χ1v) is 9.20. The molecule has 2 aromatic carbocycles. The first-order chi connectivity index (χ1) is 13.1. The van der Waals surface area contributed by atoms with Crippen molar-refractivity contribution in [2.75, 3.05) is 0 Å². The molecule has 1 fully saturated rings. The smallest absolute Gasteiger partial charge is 0.338 e. The maximum Gasteiger partial charge on any atom is 0.338 e. The minimum absolute atomic E-state index is 0.00986. The predicted octanol–water partition coefficient (Wildman–Crippen LogP) is 3.75. The molecule has 27 heavy (non-hydrogen) atoms. The van der Waals surface area contributed by atoms with Gasteiger partial charge in [0.15, 0.2) is 12.0 Å². The number of benzene rings is 2. The first kappa shape index (κ1) is 17.3. The molecule has 138 valence electrons.